The highest BCUT2D eigenvalue weighted by Crippen LogP contribution is 2.33. The van der Waals surface area contributed by atoms with Gasteiger partial charge in [-0.25, -0.2) is 4.79 Å². The van der Waals surface area contributed by atoms with E-state index in [1.807, 2.05) is 25.1 Å². The Bertz CT molecular complexity index is 588. The highest BCUT2D eigenvalue weighted by atomic mass is 79.9. The van der Waals surface area contributed by atoms with Crippen LogP contribution in [0.15, 0.2) is 22.6 Å². The van der Waals surface area contributed by atoms with E-state index in [9.17, 15) is 4.79 Å². The van der Waals surface area contributed by atoms with Crippen LogP contribution in [0.5, 0.6) is 5.75 Å². The van der Waals surface area contributed by atoms with Gasteiger partial charge in [0.1, 0.15) is 11.3 Å². The van der Waals surface area contributed by atoms with Gasteiger partial charge in [-0.3, -0.25) is 0 Å². The van der Waals surface area contributed by atoms with Crippen LogP contribution in [0.4, 0.5) is 0 Å². The lowest BCUT2D eigenvalue weighted by atomic mass is 10.1. The number of halogens is 1. The van der Waals surface area contributed by atoms with Gasteiger partial charge in [0.25, 0.3) is 0 Å². The van der Waals surface area contributed by atoms with Crippen LogP contribution in [0.2, 0.25) is 0 Å². The van der Waals surface area contributed by atoms with E-state index in [0.29, 0.717) is 24.5 Å². The number of fused-ring (bicyclic) bond motifs is 1. The fourth-order valence-electron chi connectivity index (χ4n) is 1.93. The van der Waals surface area contributed by atoms with Crippen LogP contribution in [0, 0.1) is 6.92 Å². The lowest BCUT2D eigenvalue weighted by Crippen LogP contribution is -2.04. The topological polar surface area (TPSA) is 48.7 Å². The molecular weight excluding hydrogens is 312 g/mol. The van der Waals surface area contributed by atoms with Crippen molar-refractivity contribution in [3.63, 3.8) is 0 Å². The summed E-state index contributed by atoms with van der Waals surface area (Å²) in [5.41, 5.74) is 1.38. The lowest BCUT2D eigenvalue weighted by Gasteiger charge is -2.05. The molecule has 0 aliphatic carbocycles. The van der Waals surface area contributed by atoms with E-state index in [1.54, 1.807) is 6.92 Å². The summed E-state index contributed by atoms with van der Waals surface area (Å²) < 4.78 is 16.2. The third-order valence-electron chi connectivity index (χ3n) is 2.71. The quantitative estimate of drug-likeness (QED) is 0.621. The molecule has 0 N–H and O–H groups in total. The second kappa shape index (κ2) is 6.10. The van der Waals surface area contributed by atoms with E-state index in [-0.39, 0.29) is 5.76 Å². The third-order valence-corrected chi connectivity index (χ3v) is 3.03. The van der Waals surface area contributed by atoms with Crippen LogP contribution in [-0.2, 0) is 4.74 Å². The number of hydrogen-bond acceptors (Lipinski definition) is 4. The number of rotatable bonds is 5. The number of benzene rings is 1. The second-order valence-corrected chi connectivity index (χ2v) is 4.74. The number of alkyl halides is 1. The normalized spacial score (nSPS) is 10.7. The average Bonchev–Trinajstić information content (AvgIpc) is 2.75. The third kappa shape index (κ3) is 2.76. The fraction of sp³-hybridized carbons (Fsp3) is 0.357. The van der Waals surface area contributed by atoms with E-state index in [0.717, 1.165) is 16.3 Å². The highest BCUT2D eigenvalue weighted by molar-refractivity contribution is 9.09. The molecule has 19 heavy (non-hydrogen) atoms. The number of aryl methyl sites for hydroxylation is 1. The Morgan fingerprint density at radius 1 is 1.42 bits per heavy atom. The summed E-state index contributed by atoms with van der Waals surface area (Å²) in [6, 6.07) is 5.51. The molecule has 4 nitrogen and oxygen atoms in total. The molecule has 2 aromatic rings. The lowest BCUT2D eigenvalue weighted by molar-refractivity contribution is 0.0491. The first-order chi connectivity index (χ1) is 9.19. The molecule has 0 atom stereocenters. The molecular formula is C14H15BrO4. The molecule has 0 bridgehead atoms. The van der Waals surface area contributed by atoms with Gasteiger partial charge in [0.15, 0.2) is 0 Å². The molecule has 0 saturated carbocycles. The van der Waals surface area contributed by atoms with Gasteiger partial charge in [0.05, 0.1) is 18.6 Å². The van der Waals surface area contributed by atoms with Gasteiger partial charge in [0, 0.05) is 10.9 Å². The van der Waals surface area contributed by atoms with Crippen molar-refractivity contribution in [2.24, 2.45) is 0 Å². The number of furan rings is 1. The highest BCUT2D eigenvalue weighted by Gasteiger charge is 2.20. The summed E-state index contributed by atoms with van der Waals surface area (Å²) >= 11 is 3.32. The van der Waals surface area contributed by atoms with Crippen molar-refractivity contribution in [1.29, 1.82) is 0 Å². The van der Waals surface area contributed by atoms with Gasteiger partial charge in [-0.05, 0) is 26.0 Å². The Balaban J connectivity index is 2.48. The van der Waals surface area contributed by atoms with E-state index in [4.69, 9.17) is 13.9 Å². The van der Waals surface area contributed by atoms with Crippen LogP contribution in [0.3, 0.4) is 0 Å². The molecule has 0 amide bonds. The summed E-state index contributed by atoms with van der Waals surface area (Å²) in [5.74, 6) is 0.517. The van der Waals surface area contributed by atoms with Gasteiger partial charge in [-0.2, -0.15) is 0 Å². The zero-order valence-electron chi connectivity index (χ0n) is 10.9. The van der Waals surface area contributed by atoms with Gasteiger partial charge < -0.3 is 13.9 Å². The summed E-state index contributed by atoms with van der Waals surface area (Å²) in [7, 11) is 0. The molecule has 0 aliphatic heterocycles. The fourth-order valence-corrected chi connectivity index (χ4v) is 2.09. The Labute approximate surface area is 119 Å². The maximum absolute atomic E-state index is 11.8. The molecule has 0 spiro atoms. The Morgan fingerprint density at radius 3 is 2.89 bits per heavy atom. The molecule has 1 aromatic heterocycles. The van der Waals surface area contributed by atoms with E-state index < -0.39 is 5.97 Å². The number of carbonyl (C=O) groups excluding carboxylic acids is 1. The van der Waals surface area contributed by atoms with Crippen LogP contribution in [0.1, 0.15) is 23.0 Å². The minimum Gasteiger partial charge on any atom is -0.492 e. The summed E-state index contributed by atoms with van der Waals surface area (Å²) in [5, 5.41) is 1.57. The van der Waals surface area contributed by atoms with Crippen LogP contribution in [0.25, 0.3) is 11.0 Å². The molecule has 5 heteroatoms. The predicted octanol–water partition coefficient (Wildman–Crippen LogP) is 3.69. The minimum absolute atomic E-state index is 0.242. The first-order valence-corrected chi connectivity index (χ1v) is 7.19. The molecule has 0 unspecified atom stereocenters. The maximum atomic E-state index is 11.8. The molecule has 0 aliphatic rings. The van der Waals surface area contributed by atoms with Gasteiger partial charge in [0.2, 0.25) is 5.76 Å². The van der Waals surface area contributed by atoms with Crippen molar-refractivity contribution in [1.82, 2.24) is 0 Å². The SMILES string of the molecule is CCOC(=O)c1oc2cccc(OCCBr)c2c1C. The standard InChI is InChI=1S/C14H15BrO4/c1-3-17-14(16)13-9(2)12-10(18-8-7-15)5-4-6-11(12)19-13/h4-6H,3,7-8H2,1-2H3. The van der Waals surface area contributed by atoms with E-state index in [2.05, 4.69) is 15.9 Å². The zero-order chi connectivity index (χ0) is 13.8. The Hall–Kier alpha value is -1.49. The van der Waals surface area contributed by atoms with E-state index >= 15 is 0 Å². The number of esters is 1. The van der Waals surface area contributed by atoms with Crippen molar-refractivity contribution < 1.29 is 18.7 Å². The van der Waals surface area contributed by atoms with Gasteiger partial charge in [-0.15, -0.1) is 0 Å². The summed E-state index contributed by atoms with van der Waals surface area (Å²) in [6.07, 6.45) is 0. The predicted molar refractivity (Wildman–Crippen MR) is 76.2 cm³/mol. The van der Waals surface area contributed by atoms with Crippen LogP contribution >= 0.6 is 15.9 Å². The van der Waals surface area contributed by atoms with Crippen LogP contribution in [-0.4, -0.2) is 24.5 Å². The minimum atomic E-state index is -0.442. The summed E-state index contributed by atoms with van der Waals surface area (Å²) in [4.78, 5) is 11.8. The zero-order valence-corrected chi connectivity index (χ0v) is 12.5. The first-order valence-electron chi connectivity index (χ1n) is 6.07. The monoisotopic (exact) mass is 326 g/mol. The average molecular weight is 327 g/mol. The molecule has 1 aromatic carbocycles. The van der Waals surface area contributed by atoms with Crippen LogP contribution < -0.4 is 4.74 Å². The van der Waals surface area contributed by atoms with Crippen molar-refractivity contribution in [3.8, 4) is 5.75 Å². The van der Waals surface area contributed by atoms with Gasteiger partial charge in [-0.1, -0.05) is 22.0 Å². The van der Waals surface area contributed by atoms with Gasteiger partial charge >= 0.3 is 5.97 Å². The molecule has 0 fully saturated rings. The molecule has 0 radical (unpaired) electrons. The van der Waals surface area contributed by atoms with Crippen molar-refractivity contribution in [3.05, 3.63) is 29.5 Å². The van der Waals surface area contributed by atoms with Crippen molar-refractivity contribution in [2.75, 3.05) is 18.5 Å². The van der Waals surface area contributed by atoms with Crippen molar-refractivity contribution in [2.45, 2.75) is 13.8 Å². The number of hydrogen-bond donors (Lipinski definition) is 0. The molecule has 102 valence electrons. The molecule has 1 heterocycles. The number of carbonyl (C=O) groups is 1. The second-order valence-electron chi connectivity index (χ2n) is 3.94. The number of ether oxygens (including phenoxy) is 2. The molecule has 0 saturated heterocycles. The summed E-state index contributed by atoms with van der Waals surface area (Å²) in [6.45, 7) is 4.47. The first kappa shape index (κ1) is 13.9. The maximum Gasteiger partial charge on any atom is 0.374 e. The smallest absolute Gasteiger partial charge is 0.374 e. The Kier molecular flexibility index (Phi) is 4.47. The largest absolute Gasteiger partial charge is 0.492 e. The molecule has 2 rings (SSSR count). The Morgan fingerprint density at radius 2 is 2.21 bits per heavy atom. The van der Waals surface area contributed by atoms with E-state index in [1.165, 1.54) is 0 Å². The van der Waals surface area contributed by atoms with Crippen molar-refractivity contribution >= 4 is 32.9 Å².